The third-order valence-corrected chi connectivity index (χ3v) is 5.14. The Morgan fingerprint density at radius 2 is 2.00 bits per heavy atom. The summed E-state index contributed by atoms with van der Waals surface area (Å²) in [6, 6.07) is 12.1. The van der Waals surface area contributed by atoms with Crippen LogP contribution in [0, 0.1) is 13.8 Å². The fourth-order valence-electron chi connectivity index (χ4n) is 2.16. The minimum Gasteiger partial charge on any atom is -0.302 e. The maximum Gasteiger partial charge on any atom is 0.230 e. The van der Waals surface area contributed by atoms with Crippen LogP contribution >= 0.6 is 22.7 Å². The van der Waals surface area contributed by atoms with Gasteiger partial charge < -0.3 is 5.32 Å². The quantitative estimate of drug-likeness (QED) is 0.756. The zero-order valence-electron chi connectivity index (χ0n) is 12.4. The van der Waals surface area contributed by atoms with Crippen molar-refractivity contribution in [2.24, 2.45) is 0 Å². The Kier molecular flexibility index (Phi) is 4.36. The smallest absolute Gasteiger partial charge is 0.230 e. The van der Waals surface area contributed by atoms with Gasteiger partial charge in [-0.05, 0) is 37.1 Å². The van der Waals surface area contributed by atoms with Crippen molar-refractivity contribution >= 4 is 33.7 Å². The number of thiophene rings is 1. The van der Waals surface area contributed by atoms with E-state index in [1.165, 1.54) is 16.2 Å². The van der Waals surface area contributed by atoms with Crippen molar-refractivity contribution in [2.45, 2.75) is 20.3 Å². The summed E-state index contributed by atoms with van der Waals surface area (Å²) in [7, 11) is 0. The highest BCUT2D eigenvalue weighted by Crippen LogP contribution is 2.30. The van der Waals surface area contributed by atoms with Crippen LogP contribution in [0.15, 0.2) is 41.8 Å². The molecule has 22 heavy (non-hydrogen) atoms. The molecular weight excluding hydrogens is 312 g/mol. The molecule has 0 unspecified atom stereocenters. The van der Waals surface area contributed by atoms with Crippen LogP contribution < -0.4 is 5.32 Å². The number of nitrogens with zero attached hydrogens (tertiary/aromatic N) is 1. The van der Waals surface area contributed by atoms with Crippen molar-refractivity contribution in [3.8, 4) is 10.6 Å². The minimum absolute atomic E-state index is 0.0300. The highest BCUT2D eigenvalue weighted by atomic mass is 32.1. The molecule has 0 aliphatic rings. The molecule has 1 amide bonds. The number of carbonyl (C=O) groups excluding carboxylic acids is 1. The Bertz CT molecular complexity index is 804. The van der Waals surface area contributed by atoms with E-state index in [2.05, 4.69) is 29.4 Å². The molecule has 0 spiro atoms. The van der Waals surface area contributed by atoms with Crippen LogP contribution in [-0.4, -0.2) is 10.9 Å². The first-order valence-corrected chi connectivity index (χ1v) is 8.68. The predicted octanol–water partition coefficient (Wildman–Crippen LogP) is 4.67. The zero-order valence-corrected chi connectivity index (χ0v) is 14.1. The molecule has 0 saturated heterocycles. The lowest BCUT2D eigenvalue weighted by atomic mass is 10.1. The summed E-state index contributed by atoms with van der Waals surface area (Å²) >= 11 is 3.17. The van der Waals surface area contributed by atoms with Crippen molar-refractivity contribution in [1.29, 1.82) is 0 Å². The molecule has 2 aromatic heterocycles. The van der Waals surface area contributed by atoms with Crippen molar-refractivity contribution < 1.29 is 4.79 Å². The fourth-order valence-corrected chi connectivity index (χ4v) is 3.79. The number of nitrogens with one attached hydrogen (secondary N) is 1. The Morgan fingerprint density at radius 1 is 1.18 bits per heavy atom. The maximum atomic E-state index is 12.1. The topological polar surface area (TPSA) is 42.0 Å². The van der Waals surface area contributed by atoms with E-state index in [9.17, 15) is 4.79 Å². The van der Waals surface area contributed by atoms with Crippen molar-refractivity contribution in [2.75, 3.05) is 5.32 Å². The SMILES string of the molecule is Cc1ccc(-c2csc(NC(=O)Cc3ccccc3C)n2)s1. The molecule has 2 heterocycles. The van der Waals surface area contributed by atoms with Gasteiger partial charge in [0.25, 0.3) is 0 Å². The standard InChI is InChI=1S/C17H16N2OS2/c1-11-5-3-4-6-13(11)9-16(20)19-17-18-14(10-21-17)15-8-7-12(2)22-15/h3-8,10H,9H2,1-2H3,(H,18,19,20). The van der Waals surface area contributed by atoms with Crippen LogP contribution in [0.2, 0.25) is 0 Å². The van der Waals surface area contributed by atoms with Gasteiger partial charge in [0, 0.05) is 10.3 Å². The molecule has 0 bridgehead atoms. The number of carbonyl (C=O) groups is 1. The molecule has 3 rings (SSSR count). The summed E-state index contributed by atoms with van der Waals surface area (Å²) in [4.78, 5) is 19.0. The summed E-state index contributed by atoms with van der Waals surface area (Å²) in [5.41, 5.74) is 3.10. The number of aromatic nitrogens is 1. The van der Waals surface area contributed by atoms with Gasteiger partial charge in [0.15, 0.2) is 5.13 Å². The van der Waals surface area contributed by atoms with Gasteiger partial charge in [0.1, 0.15) is 0 Å². The largest absolute Gasteiger partial charge is 0.302 e. The van der Waals surface area contributed by atoms with Crippen molar-refractivity contribution in [3.05, 3.63) is 57.8 Å². The molecule has 3 aromatic rings. The lowest BCUT2D eigenvalue weighted by Gasteiger charge is -2.04. The maximum absolute atomic E-state index is 12.1. The van der Waals surface area contributed by atoms with Crippen LogP contribution in [0.1, 0.15) is 16.0 Å². The first kappa shape index (κ1) is 14.9. The summed E-state index contributed by atoms with van der Waals surface area (Å²) < 4.78 is 0. The first-order chi connectivity index (χ1) is 10.6. The number of aryl methyl sites for hydroxylation is 2. The monoisotopic (exact) mass is 328 g/mol. The normalized spacial score (nSPS) is 10.6. The lowest BCUT2D eigenvalue weighted by molar-refractivity contribution is -0.115. The summed E-state index contributed by atoms with van der Waals surface area (Å²) in [6.07, 6.45) is 0.375. The van der Waals surface area contributed by atoms with Gasteiger partial charge >= 0.3 is 0 Å². The second-order valence-corrected chi connectivity index (χ2v) is 7.25. The van der Waals surface area contributed by atoms with E-state index in [1.807, 2.05) is 36.6 Å². The molecule has 5 heteroatoms. The molecule has 3 nitrogen and oxygen atoms in total. The average Bonchev–Trinajstić information content (AvgIpc) is 3.10. The Morgan fingerprint density at radius 3 is 2.73 bits per heavy atom. The third kappa shape index (κ3) is 3.43. The van der Waals surface area contributed by atoms with E-state index in [4.69, 9.17) is 0 Å². The molecule has 0 radical (unpaired) electrons. The van der Waals surface area contributed by atoms with Gasteiger partial charge in [0.2, 0.25) is 5.91 Å². The Labute approximate surface area is 137 Å². The lowest BCUT2D eigenvalue weighted by Crippen LogP contribution is -2.14. The summed E-state index contributed by atoms with van der Waals surface area (Å²) in [5.74, 6) is -0.0300. The molecule has 0 aliphatic heterocycles. The molecule has 112 valence electrons. The highest BCUT2D eigenvalue weighted by molar-refractivity contribution is 7.17. The molecular formula is C17H16N2OS2. The molecule has 1 aromatic carbocycles. The van der Waals surface area contributed by atoms with Crippen molar-refractivity contribution in [3.63, 3.8) is 0 Å². The molecule has 0 aliphatic carbocycles. The highest BCUT2D eigenvalue weighted by Gasteiger charge is 2.10. The van der Waals surface area contributed by atoms with Crippen LogP contribution in [0.3, 0.4) is 0 Å². The van der Waals surface area contributed by atoms with Crippen LogP contribution in [0.5, 0.6) is 0 Å². The summed E-state index contributed by atoms with van der Waals surface area (Å²) in [5, 5.41) is 5.52. The Balaban J connectivity index is 1.67. The molecule has 1 N–H and O–H groups in total. The number of anilines is 1. The van der Waals surface area contributed by atoms with Gasteiger partial charge in [-0.3, -0.25) is 4.79 Å². The number of hydrogen-bond donors (Lipinski definition) is 1. The van der Waals surface area contributed by atoms with Crippen molar-refractivity contribution in [1.82, 2.24) is 4.98 Å². The summed E-state index contributed by atoms with van der Waals surface area (Å²) in [6.45, 7) is 4.09. The number of hydrogen-bond acceptors (Lipinski definition) is 4. The van der Waals surface area contributed by atoms with Gasteiger partial charge in [0.05, 0.1) is 17.0 Å². The second-order valence-electron chi connectivity index (χ2n) is 5.10. The van der Waals surface area contributed by atoms with Crippen LogP contribution in [-0.2, 0) is 11.2 Å². The molecule has 0 saturated carbocycles. The van der Waals surface area contributed by atoms with Crippen LogP contribution in [0.4, 0.5) is 5.13 Å². The minimum atomic E-state index is -0.0300. The van der Waals surface area contributed by atoms with E-state index in [-0.39, 0.29) is 5.91 Å². The van der Waals surface area contributed by atoms with Gasteiger partial charge in [-0.1, -0.05) is 24.3 Å². The number of amides is 1. The zero-order chi connectivity index (χ0) is 15.5. The van der Waals surface area contributed by atoms with E-state index in [1.54, 1.807) is 11.3 Å². The number of thiazole rings is 1. The number of benzene rings is 1. The third-order valence-electron chi connectivity index (χ3n) is 3.36. The van der Waals surface area contributed by atoms with Crippen LogP contribution in [0.25, 0.3) is 10.6 Å². The Hall–Kier alpha value is -1.98. The number of rotatable bonds is 4. The fraction of sp³-hybridized carbons (Fsp3) is 0.176. The molecule has 0 atom stereocenters. The van der Waals surface area contributed by atoms with E-state index >= 15 is 0 Å². The van der Waals surface area contributed by atoms with Gasteiger partial charge in [-0.2, -0.15) is 0 Å². The predicted molar refractivity (Wildman–Crippen MR) is 93.7 cm³/mol. The second kappa shape index (κ2) is 6.42. The van der Waals surface area contributed by atoms with E-state index in [0.29, 0.717) is 11.6 Å². The van der Waals surface area contributed by atoms with E-state index < -0.39 is 0 Å². The van der Waals surface area contributed by atoms with Gasteiger partial charge in [-0.25, -0.2) is 4.98 Å². The van der Waals surface area contributed by atoms with E-state index in [0.717, 1.165) is 21.7 Å². The molecule has 0 fully saturated rings. The first-order valence-electron chi connectivity index (χ1n) is 6.98. The van der Waals surface area contributed by atoms with Gasteiger partial charge in [-0.15, -0.1) is 22.7 Å². The average molecular weight is 328 g/mol.